The predicted molar refractivity (Wildman–Crippen MR) is 78.7 cm³/mol. The first-order valence-corrected chi connectivity index (χ1v) is 8.48. The molecule has 1 aromatic carbocycles. The molecule has 0 spiro atoms. The lowest BCUT2D eigenvalue weighted by molar-refractivity contribution is -0.140. The highest BCUT2D eigenvalue weighted by Gasteiger charge is 2.48. The molecule has 1 saturated heterocycles. The molecule has 1 N–H and O–H groups in total. The molecule has 1 heterocycles. The predicted octanol–water partition coefficient (Wildman–Crippen LogP) is 1.93. The number of likely N-dealkylation sites (tertiary alicyclic amines) is 1. The number of alkyl halides is 3. The Morgan fingerprint density at radius 2 is 1.79 bits per heavy atom. The number of nitrogens with one attached hydrogen (secondary N) is 1. The van der Waals surface area contributed by atoms with Gasteiger partial charge in [-0.1, -0.05) is 12.1 Å². The SMILES string of the molecule is CC(C)N1C(=O)CC(Nc2ccccc2S(=O)(=O)C(F)(F)F)C1=O. The van der Waals surface area contributed by atoms with E-state index in [1.54, 1.807) is 13.8 Å². The fraction of sp³-hybridized carbons (Fsp3) is 0.429. The average molecular weight is 364 g/mol. The number of nitrogens with zero attached hydrogens (tertiary/aromatic N) is 1. The van der Waals surface area contributed by atoms with Crippen molar-refractivity contribution in [2.75, 3.05) is 5.32 Å². The Kier molecular flexibility index (Phi) is 4.62. The summed E-state index contributed by atoms with van der Waals surface area (Å²) in [6.45, 7) is 3.25. The van der Waals surface area contributed by atoms with E-state index in [9.17, 15) is 31.2 Å². The summed E-state index contributed by atoms with van der Waals surface area (Å²) < 4.78 is 61.6. The second-order valence-corrected chi connectivity index (χ2v) is 7.45. The van der Waals surface area contributed by atoms with Gasteiger partial charge in [-0.15, -0.1) is 0 Å². The van der Waals surface area contributed by atoms with E-state index in [4.69, 9.17) is 0 Å². The van der Waals surface area contributed by atoms with Crippen LogP contribution in [0.1, 0.15) is 20.3 Å². The van der Waals surface area contributed by atoms with Crippen LogP contribution in [0.25, 0.3) is 0 Å². The molecule has 1 fully saturated rings. The van der Waals surface area contributed by atoms with Crippen LogP contribution in [-0.4, -0.2) is 42.7 Å². The maximum atomic E-state index is 12.8. The maximum Gasteiger partial charge on any atom is 0.501 e. The first-order valence-electron chi connectivity index (χ1n) is 6.99. The summed E-state index contributed by atoms with van der Waals surface area (Å²) in [5.74, 6) is -1.07. The van der Waals surface area contributed by atoms with Crippen LogP contribution in [0.15, 0.2) is 29.2 Å². The zero-order valence-corrected chi connectivity index (χ0v) is 13.6. The monoisotopic (exact) mass is 364 g/mol. The average Bonchev–Trinajstić information content (AvgIpc) is 2.72. The van der Waals surface area contributed by atoms with Gasteiger partial charge in [-0.05, 0) is 26.0 Å². The molecule has 0 radical (unpaired) electrons. The minimum Gasteiger partial charge on any atom is -0.372 e. The lowest BCUT2D eigenvalue weighted by Crippen LogP contribution is -2.39. The number of para-hydroxylation sites is 1. The molecular weight excluding hydrogens is 349 g/mol. The highest BCUT2D eigenvalue weighted by atomic mass is 32.2. The quantitative estimate of drug-likeness (QED) is 0.826. The molecule has 10 heteroatoms. The molecule has 2 rings (SSSR count). The molecule has 0 aliphatic carbocycles. The first kappa shape index (κ1) is 18.2. The molecule has 1 aliphatic rings. The molecule has 1 unspecified atom stereocenters. The van der Waals surface area contributed by atoms with E-state index >= 15 is 0 Å². The minimum atomic E-state index is -5.58. The van der Waals surface area contributed by atoms with Crippen molar-refractivity contribution < 1.29 is 31.2 Å². The molecule has 1 aliphatic heterocycles. The van der Waals surface area contributed by atoms with Crippen LogP contribution >= 0.6 is 0 Å². The summed E-state index contributed by atoms with van der Waals surface area (Å²) in [5, 5.41) is 2.46. The van der Waals surface area contributed by atoms with E-state index in [2.05, 4.69) is 5.32 Å². The summed E-state index contributed by atoms with van der Waals surface area (Å²) in [7, 11) is -5.58. The van der Waals surface area contributed by atoms with Crippen molar-refractivity contribution in [3.63, 3.8) is 0 Å². The van der Waals surface area contributed by atoms with Gasteiger partial charge in [-0.25, -0.2) is 8.42 Å². The van der Waals surface area contributed by atoms with Gasteiger partial charge in [0.05, 0.1) is 17.0 Å². The third kappa shape index (κ3) is 3.10. The van der Waals surface area contributed by atoms with Crippen LogP contribution in [0.2, 0.25) is 0 Å². The number of hydrogen-bond donors (Lipinski definition) is 1. The molecule has 1 atom stereocenters. The topological polar surface area (TPSA) is 83.6 Å². The lowest BCUT2D eigenvalue weighted by atomic mass is 10.2. The second kappa shape index (κ2) is 6.08. The Morgan fingerprint density at radius 3 is 2.29 bits per heavy atom. The van der Waals surface area contributed by atoms with Gasteiger partial charge in [-0.2, -0.15) is 13.2 Å². The van der Waals surface area contributed by atoms with Gasteiger partial charge in [-0.3, -0.25) is 14.5 Å². The maximum absolute atomic E-state index is 12.8. The number of carbonyl (C=O) groups excluding carboxylic acids is 2. The highest BCUT2D eigenvalue weighted by molar-refractivity contribution is 7.92. The van der Waals surface area contributed by atoms with E-state index in [0.29, 0.717) is 0 Å². The van der Waals surface area contributed by atoms with Crippen molar-refractivity contribution in [3.05, 3.63) is 24.3 Å². The molecule has 132 valence electrons. The van der Waals surface area contributed by atoms with Gasteiger partial charge in [0, 0.05) is 6.04 Å². The summed E-state index contributed by atoms with van der Waals surface area (Å²) in [4.78, 5) is 24.0. The molecular formula is C14H15F3N2O4S. The van der Waals surface area contributed by atoms with Gasteiger partial charge in [0.1, 0.15) is 6.04 Å². The van der Waals surface area contributed by atoms with Crippen molar-refractivity contribution >= 4 is 27.3 Å². The summed E-state index contributed by atoms with van der Waals surface area (Å²) >= 11 is 0. The summed E-state index contributed by atoms with van der Waals surface area (Å²) in [6, 6.07) is 2.89. The summed E-state index contributed by atoms with van der Waals surface area (Å²) in [6.07, 6.45) is -0.253. The van der Waals surface area contributed by atoms with Gasteiger partial charge < -0.3 is 5.32 Å². The zero-order chi connectivity index (χ0) is 18.3. The smallest absolute Gasteiger partial charge is 0.372 e. The number of rotatable bonds is 4. The Hall–Kier alpha value is -2.10. The van der Waals surface area contributed by atoms with Crippen molar-refractivity contribution in [1.82, 2.24) is 4.90 Å². The third-order valence-electron chi connectivity index (χ3n) is 3.51. The van der Waals surface area contributed by atoms with Gasteiger partial charge in [0.15, 0.2) is 0 Å². The lowest BCUT2D eigenvalue weighted by Gasteiger charge is -2.20. The Labute approximate surface area is 136 Å². The number of benzene rings is 1. The van der Waals surface area contributed by atoms with Gasteiger partial charge in [0.25, 0.3) is 15.7 Å². The highest BCUT2D eigenvalue weighted by Crippen LogP contribution is 2.35. The number of imide groups is 1. The number of amides is 2. The van der Waals surface area contributed by atoms with E-state index in [1.165, 1.54) is 6.07 Å². The van der Waals surface area contributed by atoms with Crippen molar-refractivity contribution in [1.29, 1.82) is 0 Å². The van der Waals surface area contributed by atoms with Crippen molar-refractivity contribution in [3.8, 4) is 0 Å². The molecule has 0 saturated carbocycles. The van der Waals surface area contributed by atoms with Crippen LogP contribution in [-0.2, 0) is 19.4 Å². The van der Waals surface area contributed by atoms with E-state index in [-0.39, 0.29) is 12.1 Å². The fourth-order valence-electron chi connectivity index (χ4n) is 2.44. The van der Waals surface area contributed by atoms with E-state index < -0.39 is 44.1 Å². The number of hydrogen-bond acceptors (Lipinski definition) is 5. The molecule has 2 amide bonds. The first-order chi connectivity index (χ1) is 11.0. The Morgan fingerprint density at radius 1 is 1.21 bits per heavy atom. The van der Waals surface area contributed by atoms with Crippen LogP contribution in [0.4, 0.5) is 18.9 Å². The van der Waals surface area contributed by atoms with Crippen molar-refractivity contribution in [2.45, 2.75) is 42.8 Å². The number of anilines is 1. The number of carbonyl (C=O) groups is 2. The molecule has 0 bridgehead atoms. The molecule has 0 aromatic heterocycles. The Balaban J connectivity index is 2.37. The van der Waals surface area contributed by atoms with E-state index in [1.807, 2.05) is 0 Å². The normalized spacial score (nSPS) is 19.2. The molecule has 6 nitrogen and oxygen atoms in total. The largest absolute Gasteiger partial charge is 0.501 e. The van der Waals surface area contributed by atoms with Crippen molar-refractivity contribution in [2.24, 2.45) is 0 Å². The van der Waals surface area contributed by atoms with Gasteiger partial charge >= 0.3 is 5.51 Å². The molecule has 1 aromatic rings. The van der Waals surface area contributed by atoms with Crippen LogP contribution in [0.3, 0.4) is 0 Å². The number of halogens is 3. The van der Waals surface area contributed by atoms with Gasteiger partial charge in [0.2, 0.25) is 5.91 Å². The minimum absolute atomic E-state index is 0.253. The summed E-state index contributed by atoms with van der Waals surface area (Å²) in [5.41, 5.74) is -5.84. The fourth-order valence-corrected chi connectivity index (χ4v) is 3.36. The standard InChI is InChI=1S/C14H15F3N2O4S/c1-8(2)19-12(20)7-10(13(19)21)18-9-5-3-4-6-11(9)24(22,23)14(15,16)17/h3-6,8,10,18H,7H2,1-2H3. The molecule has 24 heavy (non-hydrogen) atoms. The van der Waals surface area contributed by atoms with Crippen LogP contribution in [0, 0.1) is 0 Å². The Bertz CT molecular complexity index is 774. The van der Waals surface area contributed by atoms with Crippen LogP contribution in [0.5, 0.6) is 0 Å². The third-order valence-corrected chi connectivity index (χ3v) is 5.05. The van der Waals surface area contributed by atoms with Crippen LogP contribution < -0.4 is 5.32 Å². The van der Waals surface area contributed by atoms with E-state index in [0.717, 1.165) is 23.1 Å². The number of sulfone groups is 1. The zero-order valence-electron chi connectivity index (χ0n) is 12.8. The second-order valence-electron chi connectivity index (χ2n) is 5.54.